The van der Waals surface area contributed by atoms with E-state index >= 15 is 0 Å². The van der Waals surface area contributed by atoms with Crippen LogP contribution in [-0.4, -0.2) is 18.2 Å². The van der Waals surface area contributed by atoms with Crippen LogP contribution in [0.15, 0.2) is 0 Å². The molecule has 72 valence electrons. The van der Waals surface area contributed by atoms with Crippen molar-refractivity contribution in [2.75, 3.05) is 0 Å². The smallest absolute Gasteiger partial charge is 0.0733 e. The van der Waals surface area contributed by atoms with E-state index in [9.17, 15) is 0 Å². The molecular weight excluding hydrogens is 150 g/mol. The summed E-state index contributed by atoms with van der Waals surface area (Å²) in [6, 6.07) is 0.236. The van der Waals surface area contributed by atoms with Gasteiger partial charge in [0, 0.05) is 6.04 Å². The Balaban J connectivity index is 2.37. The van der Waals surface area contributed by atoms with E-state index in [-0.39, 0.29) is 6.04 Å². The van der Waals surface area contributed by atoms with Crippen LogP contribution < -0.4 is 5.73 Å². The molecule has 4 atom stereocenters. The number of rotatable bonds is 3. The third-order valence-corrected chi connectivity index (χ3v) is 3.00. The molecule has 0 radical (unpaired) electrons. The lowest BCUT2D eigenvalue weighted by Crippen LogP contribution is -2.39. The highest BCUT2D eigenvalue weighted by Crippen LogP contribution is 2.24. The molecule has 1 aliphatic rings. The van der Waals surface area contributed by atoms with Crippen molar-refractivity contribution in [2.24, 2.45) is 11.7 Å². The zero-order valence-corrected chi connectivity index (χ0v) is 8.42. The molecule has 0 spiro atoms. The summed E-state index contributed by atoms with van der Waals surface area (Å²) in [5, 5.41) is 0. The molecular formula is C10H21NO. The van der Waals surface area contributed by atoms with Gasteiger partial charge in [0.2, 0.25) is 0 Å². The van der Waals surface area contributed by atoms with Gasteiger partial charge in [-0.15, -0.1) is 0 Å². The molecule has 1 heterocycles. The summed E-state index contributed by atoms with van der Waals surface area (Å²) < 4.78 is 5.72. The summed E-state index contributed by atoms with van der Waals surface area (Å²) in [7, 11) is 0. The molecule has 0 bridgehead atoms. The molecule has 0 aliphatic carbocycles. The van der Waals surface area contributed by atoms with E-state index in [1.54, 1.807) is 0 Å². The van der Waals surface area contributed by atoms with Crippen molar-refractivity contribution >= 4 is 0 Å². The minimum atomic E-state index is 0.236. The van der Waals surface area contributed by atoms with Crippen LogP contribution in [0.3, 0.4) is 0 Å². The number of ether oxygens (including phenoxy) is 1. The third kappa shape index (κ3) is 2.20. The van der Waals surface area contributed by atoms with E-state index in [0.29, 0.717) is 18.1 Å². The summed E-state index contributed by atoms with van der Waals surface area (Å²) in [4.78, 5) is 0. The van der Waals surface area contributed by atoms with Crippen LogP contribution in [0.1, 0.15) is 40.0 Å². The van der Waals surface area contributed by atoms with Crippen molar-refractivity contribution < 1.29 is 4.74 Å². The first kappa shape index (κ1) is 10.0. The fraction of sp³-hybridized carbons (Fsp3) is 1.00. The SMILES string of the molecule is CCC(C)C(N)C1CCC(C)O1. The molecule has 12 heavy (non-hydrogen) atoms. The standard InChI is InChI=1S/C10H21NO/c1-4-7(2)10(11)9-6-5-8(3)12-9/h7-10H,4-6,11H2,1-3H3. The van der Waals surface area contributed by atoms with E-state index in [0.717, 1.165) is 12.8 Å². The van der Waals surface area contributed by atoms with E-state index in [1.165, 1.54) is 6.42 Å². The van der Waals surface area contributed by atoms with Crippen molar-refractivity contribution in [3.8, 4) is 0 Å². The molecule has 0 amide bonds. The normalized spacial score (nSPS) is 35.0. The van der Waals surface area contributed by atoms with Gasteiger partial charge in [0.1, 0.15) is 0 Å². The van der Waals surface area contributed by atoms with Crippen LogP contribution in [0.4, 0.5) is 0 Å². The van der Waals surface area contributed by atoms with Crippen molar-refractivity contribution in [3.05, 3.63) is 0 Å². The molecule has 2 N–H and O–H groups in total. The summed E-state index contributed by atoms with van der Waals surface area (Å²) in [5.41, 5.74) is 6.07. The first-order valence-electron chi connectivity index (χ1n) is 5.06. The Morgan fingerprint density at radius 1 is 1.50 bits per heavy atom. The molecule has 0 saturated carbocycles. The highest BCUT2D eigenvalue weighted by Gasteiger charge is 2.29. The Labute approximate surface area is 75.5 Å². The first-order chi connectivity index (χ1) is 5.65. The first-order valence-corrected chi connectivity index (χ1v) is 5.06. The maximum absolute atomic E-state index is 6.07. The topological polar surface area (TPSA) is 35.2 Å². The highest BCUT2D eigenvalue weighted by molar-refractivity contribution is 4.83. The van der Waals surface area contributed by atoms with E-state index in [4.69, 9.17) is 10.5 Å². The number of hydrogen-bond acceptors (Lipinski definition) is 2. The zero-order valence-electron chi connectivity index (χ0n) is 8.42. The molecule has 1 rings (SSSR count). The Hall–Kier alpha value is -0.0800. The van der Waals surface area contributed by atoms with E-state index in [2.05, 4.69) is 20.8 Å². The van der Waals surface area contributed by atoms with Gasteiger partial charge in [-0.3, -0.25) is 0 Å². The highest BCUT2D eigenvalue weighted by atomic mass is 16.5. The second kappa shape index (κ2) is 4.24. The Morgan fingerprint density at radius 3 is 2.58 bits per heavy atom. The summed E-state index contributed by atoms with van der Waals surface area (Å²) >= 11 is 0. The molecule has 0 aromatic carbocycles. The Kier molecular flexibility index (Phi) is 3.53. The lowest BCUT2D eigenvalue weighted by Gasteiger charge is -2.24. The zero-order chi connectivity index (χ0) is 9.14. The number of nitrogens with two attached hydrogens (primary N) is 1. The molecule has 4 unspecified atom stereocenters. The van der Waals surface area contributed by atoms with Crippen molar-refractivity contribution in [2.45, 2.75) is 58.3 Å². The van der Waals surface area contributed by atoms with Gasteiger partial charge in [0.05, 0.1) is 12.2 Å². The van der Waals surface area contributed by atoms with Gasteiger partial charge in [-0.25, -0.2) is 0 Å². The fourth-order valence-corrected chi connectivity index (χ4v) is 1.76. The van der Waals surface area contributed by atoms with Crippen LogP contribution in [0.2, 0.25) is 0 Å². The lowest BCUT2D eigenvalue weighted by molar-refractivity contribution is 0.0289. The average Bonchev–Trinajstić information content (AvgIpc) is 2.49. The molecule has 2 nitrogen and oxygen atoms in total. The second-order valence-corrected chi connectivity index (χ2v) is 4.03. The summed E-state index contributed by atoms with van der Waals surface area (Å²) in [6.45, 7) is 6.52. The molecule has 0 aromatic heterocycles. The van der Waals surface area contributed by atoms with Gasteiger partial charge in [-0.05, 0) is 25.7 Å². The minimum absolute atomic E-state index is 0.236. The van der Waals surface area contributed by atoms with Gasteiger partial charge in [-0.1, -0.05) is 20.3 Å². The molecule has 1 fully saturated rings. The lowest BCUT2D eigenvalue weighted by atomic mass is 9.94. The van der Waals surface area contributed by atoms with Crippen molar-refractivity contribution in [3.63, 3.8) is 0 Å². The van der Waals surface area contributed by atoms with Gasteiger partial charge < -0.3 is 10.5 Å². The van der Waals surface area contributed by atoms with E-state index < -0.39 is 0 Å². The van der Waals surface area contributed by atoms with Gasteiger partial charge in [-0.2, -0.15) is 0 Å². The summed E-state index contributed by atoms with van der Waals surface area (Å²) in [5.74, 6) is 0.584. The van der Waals surface area contributed by atoms with Crippen LogP contribution in [0, 0.1) is 5.92 Å². The Bertz CT molecular complexity index is 138. The van der Waals surface area contributed by atoms with Crippen LogP contribution in [0.25, 0.3) is 0 Å². The third-order valence-electron chi connectivity index (χ3n) is 3.00. The number of hydrogen-bond donors (Lipinski definition) is 1. The maximum Gasteiger partial charge on any atom is 0.0733 e. The van der Waals surface area contributed by atoms with Crippen molar-refractivity contribution in [1.82, 2.24) is 0 Å². The minimum Gasteiger partial charge on any atom is -0.374 e. The van der Waals surface area contributed by atoms with Crippen LogP contribution in [0.5, 0.6) is 0 Å². The van der Waals surface area contributed by atoms with Crippen LogP contribution in [-0.2, 0) is 4.74 Å². The summed E-state index contributed by atoms with van der Waals surface area (Å²) in [6.07, 6.45) is 4.21. The predicted molar refractivity (Wildman–Crippen MR) is 51.0 cm³/mol. The molecule has 2 heteroatoms. The Morgan fingerprint density at radius 2 is 2.17 bits per heavy atom. The molecule has 1 aliphatic heterocycles. The van der Waals surface area contributed by atoms with Crippen molar-refractivity contribution in [1.29, 1.82) is 0 Å². The van der Waals surface area contributed by atoms with Gasteiger partial charge >= 0.3 is 0 Å². The second-order valence-electron chi connectivity index (χ2n) is 4.03. The largest absolute Gasteiger partial charge is 0.374 e. The van der Waals surface area contributed by atoms with Gasteiger partial charge in [0.25, 0.3) is 0 Å². The van der Waals surface area contributed by atoms with Gasteiger partial charge in [0.15, 0.2) is 0 Å². The van der Waals surface area contributed by atoms with E-state index in [1.807, 2.05) is 0 Å². The molecule has 0 aromatic rings. The van der Waals surface area contributed by atoms with Crippen LogP contribution >= 0.6 is 0 Å². The average molecular weight is 171 g/mol. The maximum atomic E-state index is 6.07. The quantitative estimate of drug-likeness (QED) is 0.704. The fourth-order valence-electron chi connectivity index (χ4n) is 1.76. The molecule has 1 saturated heterocycles. The predicted octanol–water partition coefficient (Wildman–Crippen LogP) is 1.93. The monoisotopic (exact) mass is 171 g/mol.